The van der Waals surface area contributed by atoms with Crippen LogP contribution >= 0.6 is 0 Å². The zero-order valence-electron chi connectivity index (χ0n) is 6.26. The van der Waals surface area contributed by atoms with E-state index in [1.54, 1.807) is 0 Å². The van der Waals surface area contributed by atoms with Gasteiger partial charge in [0, 0.05) is 5.12 Å². The number of carbonyl (C=O) groups excluding carboxylic acids is 1. The summed E-state index contributed by atoms with van der Waals surface area (Å²) in [6.45, 7) is 0. The Morgan fingerprint density at radius 1 is 0.933 bits per heavy atom. The lowest BCUT2D eigenvalue weighted by molar-refractivity contribution is -0.433. The van der Waals surface area contributed by atoms with Gasteiger partial charge in [-0.05, 0) is 0 Å². The van der Waals surface area contributed by atoms with Crippen molar-refractivity contribution >= 4 is 6.04 Å². The molecule has 0 bridgehead atoms. The van der Waals surface area contributed by atoms with E-state index in [-0.39, 0.29) is 0 Å². The van der Waals surface area contributed by atoms with Crippen LogP contribution in [-0.2, 0) is 4.79 Å². The number of halogens is 9. The molecule has 0 radical (unpaired) electrons. The Morgan fingerprint density at radius 3 is 1.47 bits per heavy atom. The summed E-state index contributed by atoms with van der Waals surface area (Å²) in [6, 6.07) is -10.7. The third kappa shape index (κ3) is 2.33. The lowest BCUT2D eigenvalue weighted by Crippen LogP contribution is -2.58. The smallest absolute Gasteiger partial charge is 0.254 e. The maximum Gasteiger partial charge on any atom is 0.492 e. The molecular formula is C4F9NO. The first-order valence-electron chi connectivity index (χ1n) is 2.83. The molecule has 0 saturated heterocycles. The van der Waals surface area contributed by atoms with Gasteiger partial charge in [-0.3, -0.25) is 4.79 Å². The molecule has 0 aromatic heterocycles. The molecule has 0 N–H and O–H groups in total. The number of rotatable bonds is 3. The van der Waals surface area contributed by atoms with E-state index in [4.69, 9.17) is 0 Å². The molecule has 11 heteroatoms. The number of hydrogen-bond acceptors (Lipinski definition) is 2. The van der Waals surface area contributed by atoms with E-state index < -0.39 is 29.4 Å². The Morgan fingerprint density at radius 2 is 1.27 bits per heavy atom. The van der Waals surface area contributed by atoms with Gasteiger partial charge in [-0.2, -0.15) is 35.1 Å². The summed E-state index contributed by atoms with van der Waals surface area (Å²) in [6.07, 6.45) is -6.50. The number of carbonyl (C=O) groups is 1. The minimum atomic E-state index is -6.66. The van der Waals surface area contributed by atoms with Gasteiger partial charge in [-0.1, -0.05) is 0 Å². The molecular weight excluding hydrogens is 249 g/mol. The van der Waals surface area contributed by atoms with E-state index >= 15 is 0 Å². The maximum absolute atomic E-state index is 12.0. The Hall–Kier alpha value is -1.00. The van der Waals surface area contributed by atoms with Crippen molar-refractivity contribution in [1.29, 1.82) is 0 Å². The van der Waals surface area contributed by atoms with Crippen LogP contribution in [0.25, 0.3) is 0 Å². The summed E-state index contributed by atoms with van der Waals surface area (Å²) in [7, 11) is 0. The average Bonchev–Trinajstić information content (AvgIpc) is 2.00. The van der Waals surface area contributed by atoms with E-state index in [2.05, 4.69) is 0 Å². The van der Waals surface area contributed by atoms with Gasteiger partial charge in [0.1, 0.15) is 0 Å². The molecule has 0 aliphatic rings. The highest BCUT2D eigenvalue weighted by molar-refractivity contribution is 5.77. The fraction of sp³-hybridized carbons (Fsp3) is 0.750. The van der Waals surface area contributed by atoms with Gasteiger partial charge in [-0.25, -0.2) is 0 Å². The third-order valence-corrected chi connectivity index (χ3v) is 1.09. The van der Waals surface area contributed by atoms with Crippen molar-refractivity contribution in [2.75, 3.05) is 0 Å². The van der Waals surface area contributed by atoms with Crippen LogP contribution in [0.3, 0.4) is 0 Å². The summed E-state index contributed by atoms with van der Waals surface area (Å²) in [5.74, 6) is -6.43. The highest BCUT2D eigenvalue weighted by Gasteiger charge is 2.72. The van der Waals surface area contributed by atoms with E-state index in [1.807, 2.05) is 0 Å². The van der Waals surface area contributed by atoms with Crippen molar-refractivity contribution < 1.29 is 44.4 Å². The zero-order chi connectivity index (χ0) is 12.7. The fourth-order valence-electron chi connectivity index (χ4n) is 0.401. The third-order valence-electron chi connectivity index (χ3n) is 1.09. The molecule has 0 atom stereocenters. The van der Waals surface area contributed by atoms with Crippen molar-refractivity contribution in [2.24, 2.45) is 0 Å². The summed E-state index contributed by atoms with van der Waals surface area (Å²) in [5, 5.41) is -3.54. The summed E-state index contributed by atoms with van der Waals surface area (Å²) in [5.41, 5.74) is 0. The van der Waals surface area contributed by atoms with Gasteiger partial charge in [-0.15, -0.1) is 4.48 Å². The van der Waals surface area contributed by atoms with Crippen molar-refractivity contribution in [3.8, 4) is 0 Å². The molecule has 2 nitrogen and oxygen atoms in total. The molecule has 90 valence electrons. The standard InChI is InChI=1S/C4F9NO/c5-1(15)2(6,7)3(8,9)14(13)4(10,11)12. The molecule has 0 aromatic rings. The van der Waals surface area contributed by atoms with Crippen LogP contribution in [0.5, 0.6) is 0 Å². The first-order chi connectivity index (χ1) is 6.35. The molecule has 0 rings (SSSR count). The monoisotopic (exact) mass is 249 g/mol. The minimum Gasteiger partial charge on any atom is -0.254 e. The Balaban J connectivity index is 5.23. The molecule has 0 aliphatic carbocycles. The van der Waals surface area contributed by atoms with Gasteiger partial charge in [0.25, 0.3) is 0 Å². The van der Waals surface area contributed by atoms with Crippen LogP contribution in [0.2, 0.25) is 0 Å². The molecule has 0 amide bonds. The summed E-state index contributed by atoms with van der Waals surface area (Å²) < 4.78 is 104. The average molecular weight is 249 g/mol. The number of hydrogen-bond donors (Lipinski definition) is 0. The summed E-state index contributed by atoms with van der Waals surface area (Å²) in [4.78, 5) is 9.29. The normalized spacial score (nSPS) is 14.5. The van der Waals surface area contributed by atoms with Crippen LogP contribution in [0.15, 0.2) is 0 Å². The topological polar surface area (TPSA) is 20.3 Å². The molecule has 0 heterocycles. The first kappa shape index (κ1) is 14.0. The van der Waals surface area contributed by atoms with Crippen molar-refractivity contribution in [2.45, 2.75) is 18.3 Å². The molecule has 0 aliphatic heterocycles. The molecule has 0 saturated carbocycles. The lowest BCUT2D eigenvalue weighted by atomic mass is 10.3. The molecule has 15 heavy (non-hydrogen) atoms. The number of nitrogens with zero attached hydrogens (tertiary/aromatic N) is 1. The van der Waals surface area contributed by atoms with Crippen molar-refractivity contribution in [1.82, 2.24) is 5.12 Å². The fourth-order valence-corrected chi connectivity index (χ4v) is 0.401. The highest BCUT2D eigenvalue weighted by atomic mass is 19.4. The largest absolute Gasteiger partial charge is 0.492 e. The van der Waals surface area contributed by atoms with E-state index in [1.165, 1.54) is 0 Å². The Bertz CT molecular complexity index is 257. The van der Waals surface area contributed by atoms with E-state index in [0.717, 1.165) is 0 Å². The first-order valence-corrected chi connectivity index (χ1v) is 2.83. The van der Waals surface area contributed by atoms with Gasteiger partial charge >= 0.3 is 24.3 Å². The van der Waals surface area contributed by atoms with Crippen LogP contribution in [-0.4, -0.2) is 29.4 Å². The molecule has 0 unspecified atom stereocenters. The van der Waals surface area contributed by atoms with Gasteiger partial charge in [0.15, 0.2) is 0 Å². The maximum atomic E-state index is 12.0. The highest BCUT2D eigenvalue weighted by Crippen LogP contribution is 2.43. The molecule has 0 fully saturated rings. The summed E-state index contributed by atoms with van der Waals surface area (Å²) >= 11 is 0. The quantitative estimate of drug-likeness (QED) is 0.331. The molecule has 0 spiro atoms. The minimum absolute atomic E-state index is 3.54. The van der Waals surface area contributed by atoms with Gasteiger partial charge in [0.2, 0.25) is 0 Å². The number of alkyl halides is 7. The van der Waals surface area contributed by atoms with Crippen molar-refractivity contribution in [3.05, 3.63) is 0 Å². The van der Waals surface area contributed by atoms with Crippen LogP contribution in [0.1, 0.15) is 0 Å². The van der Waals surface area contributed by atoms with E-state index in [9.17, 15) is 44.4 Å². The second kappa shape index (κ2) is 3.54. The second-order valence-corrected chi connectivity index (χ2v) is 2.14. The lowest BCUT2D eigenvalue weighted by Gasteiger charge is -2.27. The van der Waals surface area contributed by atoms with Gasteiger partial charge < -0.3 is 0 Å². The van der Waals surface area contributed by atoms with Crippen LogP contribution in [0.4, 0.5) is 39.6 Å². The predicted molar refractivity (Wildman–Crippen MR) is 25.0 cm³/mol. The molecule has 0 aromatic carbocycles. The van der Waals surface area contributed by atoms with Gasteiger partial charge in [0.05, 0.1) is 0 Å². The Kier molecular flexibility index (Phi) is 3.30. The predicted octanol–water partition coefficient (Wildman–Crippen LogP) is 2.42. The van der Waals surface area contributed by atoms with Crippen LogP contribution in [0, 0.1) is 0 Å². The Labute approximate surface area is 75.2 Å². The zero-order valence-corrected chi connectivity index (χ0v) is 6.26. The van der Waals surface area contributed by atoms with E-state index in [0.29, 0.717) is 0 Å². The van der Waals surface area contributed by atoms with Crippen LogP contribution < -0.4 is 0 Å². The SMILES string of the molecule is O=C(F)C(F)(F)C(F)(F)N(F)C(F)(F)F. The van der Waals surface area contributed by atoms with Crippen molar-refractivity contribution in [3.63, 3.8) is 0 Å². The second-order valence-electron chi connectivity index (χ2n) is 2.14.